The minimum atomic E-state index is -0.0691. The van der Waals surface area contributed by atoms with Gasteiger partial charge in [0.2, 0.25) is 5.91 Å². The van der Waals surface area contributed by atoms with Gasteiger partial charge in [0.1, 0.15) is 0 Å². The Balaban J connectivity index is 1.35. The number of carbonyl (C=O) groups is 2. The van der Waals surface area contributed by atoms with Crippen LogP contribution in [0.25, 0.3) is 10.9 Å². The highest BCUT2D eigenvalue weighted by atomic mass is 16.2. The van der Waals surface area contributed by atoms with Crippen LogP contribution in [0.3, 0.4) is 0 Å². The molecule has 0 saturated heterocycles. The van der Waals surface area contributed by atoms with E-state index in [-0.39, 0.29) is 11.8 Å². The molecule has 6 heteroatoms. The van der Waals surface area contributed by atoms with E-state index in [2.05, 4.69) is 10.6 Å². The van der Waals surface area contributed by atoms with Crippen molar-refractivity contribution >= 4 is 34.1 Å². The van der Waals surface area contributed by atoms with Crippen LogP contribution in [0.5, 0.6) is 0 Å². The van der Waals surface area contributed by atoms with Gasteiger partial charge in [-0.1, -0.05) is 24.6 Å². The molecule has 146 valence electrons. The van der Waals surface area contributed by atoms with Crippen LogP contribution in [0.15, 0.2) is 54.7 Å². The topological polar surface area (TPSA) is 89.2 Å². The Kier molecular flexibility index (Phi) is 6.32. The Hall–Kier alpha value is -3.28. The van der Waals surface area contributed by atoms with Crippen LogP contribution in [0.4, 0.5) is 11.4 Å². The maximum Gasteiger partial charge on any atom is 0.251 e. The number of nitrogens with zero attached hydrogens (tertiary/aromatic N) is 1. The highest BCUT2D eigenvalue weighted by molar-refractivity contribution is 5.98. The fourth-order valence-electron chi connectivity index (χ4n) is 3.12. The van der Waals surface area contributed by atoms with Crippen molar-refractivity contribution in [1.29, 1.82) is 0 Å². The summed E-state index contributed by atoms with van der Waals surface area (Å²) >= 11 is 0. The lowest BCUT2D eigenvalue weighted by Gasteiger charge is -2.08. The number of aryl methyl sites for hydroxylation is 1. The van der Waals surface area contributed by atoms with Gasteiger partial charge in [0.15, 0.2) is 0 Å². The first-order chi connectivity index (χ1) is 13.5. The fraction of sp³-hybridized carbons (Fsp3) is 0.273. The Morgan fingerprint density at radius 2 is 1.86 bits per heavy atom. The summed E-state index contributed by atoms with van der Waals surface area (Å²) < 4.78 is 2.00. The molecule has 0 atom stereocenters. The highest BCUT2D eigenvalue weighted by Gasteiger charge is 2.08. The fourth-order valence-corrected chi connectivity index (χ4v) is 3.12. The molecule has 0 bridgehead atoms. The number of carbonyl (C=O) groups excluding carboxylic acids is 2. The SMILES string of the molecule is Cn1ccc2ccc(C(=O)NCCCCCC(=O)Nc3ccccc3N)cc21. The van der Waals surface area contributed by atoms with Gasteiger partial charge in [0.25, 0.3) is 5.91 Å². The molecule has 1 aromatic heterocycles. The summed E-state index contributed by atoms with van der Waals surface area (Å²) in [6, 6.07) is 15.0. The first-order valence-electron chi connectivity index (χ1n) is 9.52. The largest absolute Gasteiger partial charge is 0.397 e. The molecule has 0 fully saturated rings. The average molecular weight is 378 g/mol. The van der Waals surface area contributed by atoms with E-state index in [4.69, 9.17) is 5.73 Å². The van der Waals surface area contributed by atoms with Crippen molar-refractivity contribution in [3.05, 3.63) is 60.3 Å². The van der Waals surface area contributed by atoms with Crippen LogP contribution in [-0.4, -0.2) is 22.9 Å². The highest BCUT2D eigenvalue weighted by Crippen LogP contribution is 2.18. The molecule has 0 aliphatic carbocycles. The van der Waals surface area contributed by atoms with E-state index < -0.39 is 0 Å². The molecule has 1 heterocycles. The van der Waals surface area contributed by atoms with Crippen LogP contribution in [-0.2, 0) is 11.8 Å². The second kappa shape index (κ2) is 9.08. The summed E-state index contributed by atoms with van der Waals surface area (Å²) in [7, 11) is 1.96. The van der Waals surface area contributed by atoms with E-state index in [1.165, 1.54) is 0 Å². The summed E-state index contributed by atoms with van der Waals surface area (Å²) in [5.74, 6) is -0.113. The molecule has 0 unspecified atom stereocenters. The molecule has 4 N–H and O–H groups in total. The second-order valence-electron chi connectivity index (χ2n) is 6.90. The zero-order valence-electron chi connectivity index (χ0n) is 16.1. The molecular weight excluding hydrogens is 352 g/mol. The number of fused-ring (bicyclic) bond motifs is 1. The summed E-state index contributed by atoms with van der Waals surface area (Å²) in [6.07, 6.45) is 4.89. The van der Waals surface area contributed by atoms with E-state index >= 15 is 0 Å². The average Bonchev–Trinajstić information content (AvgIpc) is 3.06. The van der Waals surface area contributed by atoms with Crippen molar-refractivity contribution < 1.29 is 9.59 Å². The number of rotatable bonds is 8. The van der Waals surface area contributed by atoms with Gasteiger partial charge in [-0.25, -0.2) is 0 Å². The minimum absolute atomic E-state index is 0.0437. The number of hydrogen-bond donors (Lipinski definition) is 3. The van der Waals surface area contributed by atoms with E-state index in [1.54, 1.807) is 12.1 Å². The predicted octanol–water partition coefficient (Wildman–Crippen LogP) is 3.69. The summed E-state index contributed by atoms with van der Waals surface area (Å²) in [6.45, 7) is 0.595. The predicted molar refractivity (Wildman–Crippen MR) is 113 cm³/mol. The number of hydrogen-bond acceptors (Lipinski definition) is 3. The number of benzene rings is 2. The number of nitrogens with two attached hydrogens (primary N) is 1. The molecule has 0 aliphatic rings. The number of amides is 2. The van der Waals surface area contributed by atoms with Gasteiger partial charge in [-0.2, -0.15) is 0 Å². The van der Waals surface area contributed by atoms with Crippen molar-refractivity contribution in [3.8, 4) is 0 Å². The van der Waals surface area contributed by atoms with E-state index in [0.717, 1.165) is 30.2 Å². The molecule has 2 aromatic carbocycles. The quantitative estimate of drug-likeness (QED) is 0.412. The standard InChI is InChI=1S/C22H26N4O2/c1-26-14-12-16-10-11-17(15-20(16)26)22(28)24-13-6-2-3-9-21(27)25-19-8-5-4-7-18(19)23/h4-5,7-8,10-12,14-15H,2-3,6,9,13,23H2,1H3,(H,24,28)(H,25,27). The first kappa shape index (κ1) is 19.5. The zero-order chi connectivity index (χ0) is 19.9. The van der Waals surface area contributed by atoms with Crippen LogP contribution in [0, 0.1) is 0 Å². The first-order valence-corrected chi connectivity index (χ1v) is 9.52. The lowest BCUT2D eigenvalue weighted by atomic mass is 10.1. The summed E-state index contributed by atoms with van der Waals surface area (Å²) in [5, 5.41) is 6.89. The van der Waals surface area contributed by atoms with Gasteiger partial charge >= 0.3 is 0 Å². The molecule has 0 radical (unpaired) electrons. The van der Waals surface area contributed by atoms with Gasteiger partial charge in [-0.15, -0.1) is 0 Å². The molecule has 28 heavy (non-hydrogen) atoms. The van der Waals surface area contributed by atoms with Crippen LogP contribution < -0.4 is 16.4 Å². The van der Waals surface area contributed by atoms with Crippen molar-refractivity contribution in [2.45, 2.75) is 25.7 Å². The van der Waals surface area contributed by atoms with Crippen molar-refractivity contribution in [2.75, 3.05) is 17.6 Å². The maximum absolute atomic E-state index is 12.3. The number of nitrogens with one attached hydrogen (secondary N) is 2. The third-order valence-corrected chi connectivity index (χ3v) is 4.75. The molecule has 6 nitrogen and oxygen atoms in total. The third-order valence-electron chi connectivity index (χ3n) is 4.75. The Morgan fingerprint density at radius 1 is 1.04 bits per heavy atom. The van der Waals surface area contributed by atoms with Gasteiger partial charge in [-0.05, 0) is 48.6 Å². The maximum atomic E-state index is 12.3. The summed E-state index contributed by atoms with van der Waals surface area (Å²) in [4.78, 5) is 24.3. The van der Waals surface area contributed by atoms with Gasteiger partial charge in [0.05, 0.1) is 11.4 Å². The number of anilines is 2. The molecule has 0 aliphatic heterocycles. The summed E-state index contributed by atoms with van der Waals surface area (Å²) in [5.41, 5.74) is 8.73. The van der Waals surface area contributed by atoms with Crippen molar-refractivity contribution in [2.24, 2.45) is 7.05 Å². The van der Waals surface area contributed by atoms with Gasteiger partial charge in [0, 0.05) is 37.3 Å². The van der Waals surface area contributed by atoms with E-state index in [1.807, 2.05) is 54.2 Å². The third kappa shape index (κ3) is 4.91. The second-order valence-corrected chi connectivity index (χ2v) is 6.90. The zero-order valence-corrected chi connectivity index (χ0v) is 16.1. The molecule has 3 aromatic rings. The molecule has 2 amide bonds. The van der Waals surface area contributed by atoms with Crippen LogP contribution in [0.2, 0.25) is 0 Å². The van der Waals surface area contributed by atoms with Crippen molar-refractivity contribution in [1.82, 2.24) is 9.88 Å². The molecule has 0 saturated carbocycles. The smallest absolute Gasteiger partial charge is 0.251 e. The molecular formula is C22H26N4O2. The number of unbranched alkanes of at least 4 members (excludes halogenated alkanes) is 2. The lowest BCUT2D eigenvalue weighted by Crippen LogP contribution is -2.24. The molecule has 3 rings (SSSR count). The van der Waals surface area contributed by atoms with E-state index in [0.29, 0.717) is 29.9 Å². The van der Waals surface area contributed by atoms with Gasteiger partial charge in [-0.3, -0.25) is 9.59 Å². The normalized spacial score (nSPS) is 10.8. The van der Waals surface area contributed by atoms with Crippen molar-refractivity contribution in [3.63, 3.8) is 0 Å². The van der Waals surface area contributed by atoms with E-state index in [9.17, 15) is 9.59 Å². The number of nitrogen functional groups attached to an aromatic ring is 1. The Bertz CT molecular complexity index is 978. The van der Waals surface area contributed by atoms with Crippen LogP contribution in [0.1, 0.15) is 36.0 Å². The molecule has 0 spiro atoms. The minimum Gasteiger partial charge on any atom is -0.397 e. The number of para-hydroxylation sites is 2. The van der Waals surface area contributed by atoms with Crippen LogP contribution >= 0.6 is 0 Å². The number of aromatic nitrogens is 1. The van der Waals surface area contributed by atoms with Gasteiger partial charge < -0.3 is 20.9 Å². The lowest BCUT2D eigenvalue weighted by molar-refractivity contribution is -0.116. The monoisotopic (exact) mass is 378 g/mol. The Labute approximate surface area is 164 Å². The Morgan fingerprint density at radius 3 is 2.68 bits per heavy atom.